The first-order valence-electron chi connectivity index (χ1n) is 4.71. The molecular formula is C11H8ClN3O2. The predicted molar refractivity (Wildman–Crippen MR) is 62.9 cm³/mol. The van der Waals surface area contributed by atoms with Gasteiger partial charge in [0, 0.05) is 11.2 Å². The van der Waals surface area contributed by atoms with Crippen LogP contribution in [0, 0.1) is 0 Å². The van der Waals surface area contributed by atoms with Gasteiger partial charge in [-0.25, -0.2) is 14.8 Å². The summed E-state index contributed by atoms with van der Waals surface area (Å²) in [4.78, 5) is 19.1. The Hall–Kier alpha value is -2.14. The zero-order chi connectivity index (χ0) is 12.3. The molecule has 0 unspecified atom stereocenters. The summed E-state index contributed by atoms with van der Waals surface area (Å²) >= 11 is 5.71. The molecule has 6 heteroatoms. The molecule has 5 nitrogen and oxygen atoms in total. The van der Waals surface area contributed by atoms with Crippen molar-refractivity contribution in [2.75, 3.05) is 5.73 Å². The molecule has 0 bridgehead atoms. The number of hydrogen-bond donors (Lipinski definition) is 1. The van der Waals surface area contributed by atoms with Crippen LogP contribution in [0.1, 0.15) is 10.5 Å². The Morgan fingerprint density at radius 2 is 1.94 bits per heavy atom. The molecule has 1 aromatic carbocycles. The lowest BCUT2D eigenvalue weighted by molar-refractivity contribution is 0.0728. The van der Waals surface area contributed by atoms with Gasteiger partial charge in [-0.2, -0.15) is 0 Å². The largest absolute Gasteiger partial charge is 0.422 e. The van der Waals surface area contributed by atoms with Crippen LogP contribution in [-0.2, 0) is 0 Å². The maximum absolute atomic E-state index is 11.7. The van der Waals surface area contributed by atoms with Gasteiger partial charge in [-0.15, -0.1) is 0 Å². The van der Waals surface area contributed by atoms with Crippen LogP contribution in [0.3, 0.4) is 0 Å². The van der Waals surface area contributed by atoms with Crippen LogP contribution in [0.4, 0.5) is 5.95 Å². The average Bonchev–Trinajstić information content (AvgIpc) is 2.32. The maximum Gasteiger partial charge on any atom is 0.362 e. The van der Waals surface area contributed by atoms with Gasteiger partial charge in [0.05, 0.1) is 0 Å². The molecule has 0 atom stereocenters. The third-order valence-electron chi connectivity index (χ3n) is 1.91. The lowest BCUT2D eigenvalue weighted by Gasteiger charge is -2.03. The summed E-state index contributed by atoms with van der Waals surface area (Å²) in [7, 11) is 0. The minimum atomic E-state index is -0.596. The summed E-state index contributed by atoms with van der Waals surface area (Å²) in [6.07, 6.45) is 1.39. The highest BCUT2D eigenvalue weighted by Gasteiger charge is 2.10. The molecule has 2 aromatic rings. The fourth-order valence-corrected chi connectivity index (χ4v) is 1.28. The zero-order valence-electron chi connectivity index (χ0n) is 8.63. The van der Waals surface area contributed by atoms with Crippen molar-refractivity contribution in [3.8, 4) is 5.75 Å². The molecule has 2 rings (SSSR count). The van der Waals surface area contributed by atoms with Crippen LogP contribution < -0.4 is 10.5 Å². The van der Waals surface area contributed by atoms with Gasteiger partial charge in [0.25, 0.3) is 0 Å². The zero-order valence-corrected chi connectivity index (χ0v) is 9.39. The van der Waals surface area contributed by atoms with Crippen molar-refractivity contribution in [3.05, 3.63) is 47.2 Å². The summed E-state index contributed by atoms with van der Waals surface area (Å²) in [5.41, 5.74) is 5.47. The van der Waals surface area contributed by atoms with Crippen molar-refractivity contribution >= 4 is 23.5 Å². The van der Waals surface area contributed by atoms with Gasteiger partial charge in [-0.05, 0) is 30.3 Å². The van der Waals surface area contributed by atoms with E-state index < -0.39 is 5.97 Å². The van der Waals surface area contributed by atoms with Crippen LogP contribution in [-0.4, -0.2) is 15.9 Å². The Bertz CT molecular complexity index is 543. The molecule has 0 saturated heterocycles. The van der Waals surface area contributed by atoms with E-state index in [9.17, 15) is 4.79 Å². The summed E-state index contributed by atoms with van der Waals surface area (Å²) in [5, 5.41) is 0.566. The fraction of sp³-hybridized carbons (Fsp3) is 0. The molecule has 0 radical (unpaired) electrons. The normalized spacial score (nSPS) is 9.94. The second-order valence-corrected chi connectivity index (χ2v) is 3.58. The van der Waals surface area contributed by atoms with Gasteiger partial charge in [0.2, 0.25) is 5.95 Å². The second-order valence-electron chi connectivity index (χ2n) is 3.14. The number of anilines is 1. The number of rotatable bonds is 2. The molecule has 0 fully saturated rings. The Morgan fingerprint density at radius 1 is 1.24 bits per heavy atom. The summed E-state index contributed by atoms with van der Waals surface area (Å²) in [6, 6.07) is 7.85. The van der Waals surface area contributed by atoms with Crippen molar-refractivity contribution < 1.29 is 9.53 Å². The number of carbonyl (C=O) groups excluding carboxylic acids is 1. The van der Waals surface area contributed by atoms with Crippen molar-refractivity contribution in [2.24, 2.45) is 0 Å². The predicted octanol–water partition coefficient (Wildman–Crippen LogP) is 1.93. The number of esters is 1. The maximum atomic E-state index is 11.7. The topological polar surface area (TPSA) is 78.1 Å². The standard InChI is InChI=1S/C11H8ClN3O2/c12-7-1-3-8(4-2-7)17-10(16)9-5-6-14-11(13)15-9/h1-6H,(H2,13,14,15). The van der Waals surface area contributed by atoms with Crippen LogP contribution in [0.2, 0.25) is 5.02 Å². The van der Waals surface area contributed by atoms with Crippen LogP contribution >= 0.6 is 11.6 Å². The molecule has 2 N–H and O–H groups in total. The summed E-state index contributed by atoms with van der Waals surface area (Å²) in [6.45, 7) is 0. The number of ether oxygens (including phenoxy) is 1. The first-order valence-corrected chi connectivity index (χ1v) is 5.09. The highest BCUT2D eigenvalue weighted by Crippen LogP contribution is 2.16. The quantitative estimate of drug-likeness (QED) is 0.650. The Kier molecular flexibility index (Phi) is 3.20. The number of aromatic nitrogens is 2. The minimum Gasteiger partial charge on any atom is -0.422 e. The van der Waals surface area contributed by atoms with E-state index in [0.717, 1.165) is 0 Å². The number of benzene rings is 1. The molecule has 0 saturated carbocycles. The van der Waals surface area contributed by atoms with Gasteiger partial charge in [-0.3, -0.25) is 0 Å². The van der Waals surface area contributed by atoms with E-state index in [1.54, 1.807) is 24.3 Å². The first-order chi connectivity index (χ1) is 8.15. The van der Waals surface area contributed by atoms with E-state index in [0.29, 0.717) is 10.8 Å². The van der Waals surface area contributed by atoms with Crippen LogP contribution in [0.15, 0.2) is 36.5 Å². The molecule has 0 aliphatic carbocycles. The molecule has 0 aliphatic heterocycles. The van der Waals surface area contributed by atoms with Crippen molar-refractivity contribution in [2.45, 2.75) is 0 Å². The van der Waals surface area contributed by atoms with E-state index in [1.807, 2.05) is 0 Å². The molecule has 86 valence electrons. The van der Waals surface area contributed by atoms with Gasteiger partial charge >= 0.3 is 5.97 Å². The van der Waals surface area contributed by atoms with Crippen LogP contribution in [0.5, 0.6) is 5.75 Å². The first kappa shape index (κ1) is 11.3. The Balaban J connectivity index is 2.14. The van der Waals surface area contributed by atoms with Gasteiger partial charge < -0.3 is 10.5 Å². The van der Waals surface area contributed by atoms with Gasteiger partial charge in [0.15, 0.2) is 5.69 Å². The molecule has 0 aliphatic rings. The lowest BCUT2D eigenvalue weighted by Crippen LogP contribution is -2.12. The third kappa shape index (κ3) is 2.92. The van der Waals surface area contributed by atoms with E-state index in [-0.39, 0.29) is 11.6 Å². The molecule has 1 aromatic heterocycles. The van der Waals surface area contributed by atoms with E-state index in [1.165, 1.54) is 12.3 Å². The number of nitrogen functional groups attached to an aromatic ring is 1. The van der Waals surface area contributed by atoms with E-state index in [4.69, 9.17) is 22.1 Å². The molecule has 0 spiro atoms. The second kappa shape index (κ2) is 4.80. The molecule has 17 heavy (non-hydrogen) atoms. The van der Waals surface area contributed by atoms with Gasteiger partial charge in [0.1, 0.15) is 5.75 Å². The minimum absolute atomic E-state index is 0.0237. The highest BCUT2D eigenvalue weighted by molar-refractivity contribution is 6.30. The Labute approximate surface area is 102 Å². The summed E-state index contributed by atoms with van der Waals surface area (Å²) in [5.74, 6) is -0.187. The molecular weight excluding hydrogens is 242 g/mol. The van der Waals surface area contributed by atoms with Crippen molar-refractivity contribution in [1.82, 2.24) is 9.97 Å². The van der Waals surface area contributed by atoms with Gasteiger partial charge in [-0.1, -0.05) is 11.6 Å². The van der Waals surface area contributed by atoms with E-state index in [2.05, 4.69) is 9.97 Å². The monoisotopic (exact) mass is 249 g/mol. The average molecular weight is 250 g/mol. The molecule has 1 heterocycles. The number of hydrogen-bond acceptors (Lipinski definition) is 5. The SMILES string of the molecule is Nc1nccc(C(=O)Oc2ccc(Cl)cc2)n1. The van der Waals surface area contributed by atoms with Crippen molar-refractivity contribution in [1.29, 1.82) is 0 Å². The smallest absolute Gasteiger partial charge is 0.362 e. The Morgan fingerprint density at radius 3 is 2.59 bits per heavy atom. The number of nitrogens with zero attached hydrogens (tertiary/aromatic N) is 2. The van der Waals surface area contributed by atoms with E-state index >= 15 is 0 Å². The highest BCUT2D eigenvalue weighted by atomic mass is 35.5. The van der Waals surface area contributed by atoms with Crippen LogP contribution in [0.25, 0.3) is 0 Å². The number of halogens is 1. The fourth-order valence-electron chi connectivity index (χ4n) is 1.15. The third-order valence-corrected chi connectivity index (χ3v) is 2.16. The summed E-state index contributed by atoms with van der Waals surface area (Å²) < 4.78 is 5.07. The number of carbonyl (C=O) groups is 1. The lowest BCUT2D eigenvalue weighted by atomic mass is 10.3. The van der Waals surface area contributed by atoms with Crippen molar-refractivity contribution in [3.63, 3.8) is 0 Å². The molecule has 0 amide bonds. The number of nitrogens with two attached hydrogens (primary N) is 1.